The van der Waals surface area contributed by atoms with Crippen LogP contribution in [0, 0.1) is 11.8 Å². The number of nitrogens with one attached hydrogen (secondary N) is 1. The Morgan fingerprint density at radius 3 is 3.14 bits per heavy atom. The number of likely N-dealkylation sites (tertiary alicyclic amines) is 1. The summed E-state index contributed by atoms with van der Waals surface area (Å²) in [7, 11) is 0. The fourth-order valence-corrected chi connectivity index (χ4v) is 3.11. The van der Waals surface area contributed by atoms with Gasteiger partial charge in [0.05, 0.1) is 6.54 Å². The Labute approximate surface area is 125 Å². The molecule has 0 radical (unpaired) electrons. The van der Waals surface area contributed by atoms with Gasteiger partial charge in [0.25, 0.3) is 5.91 Å². The third kappa shape index (κ3) is 3.37. The molecule has 3 rings (SSSR count). The normalized spacial score (nSPS) is 21.6. The number of ether oxygens (including phenoxy) is 1. The predicted molar refractivity (Wildman–Crippen MR) is 79.4 cm³/mol. The van der Waals surface area contributed by atoms with Gasteiger partial charge in [0.1, 0.15) is 6.61 Å². The van der Waals surface area contributed by atoms with E-state index in [4.69, 9.17) is 4.74 Å². The second-order valence-electron chi connectivity index (χ2n) is 6.46. The van der Waals surface area contributed by atoms with Crippen molar-refractivity contribution in [2.75, 3.05) is 32.8 Å². The van der Waals surface area contributed by atoms with E-state index < -0.39 is 0 Å². The molecule has 0 bridgehead atoms. The van der Waals surface area contributed by atoms with Crippen molar-refractivity contribution in [3.63, 3.8) is 0 Å². The lowest BCUT2D eigenvalue weighted by Crippen LogP contribution is -2.32. The molecule has 1 fully saturated rings. The van der Waals surface area contributed by atoms with Crippen LogP contribution in [0.4, 0.5) is 0 Å². The van der Waals surface area contributed by atoms with Crippen molar-refractivity contribution in [1.82, 2.24) is 20.0 Å². The van der Waals surface area contributed by atoms with E-state index in [9.17, 15) is 4.79 Å². The van der Waals surface area contributed by atoms with E-state index in [-0.39, 0.29) is 5.91 Å². The first-order chi connectivity index (χ1) is 10.1. The molecule has 0 aromatic carbocycles. The summed E-state index contributed by atoms with van der Waals surface area (Å²) in [5.41, 5.74) is 0.460. The van der Waals surface area contributed by atoms with Gasteiger partial charge in [0, 0.05) is 25.7 Å². The lowest BCUT2D eigenvalue weighted by atomic mass is 10.1. The summed E-state index contributed by atoms with van der Waals surface area (Å²) in [5.74, 6) is 1.86. The number of rotatable bonds is 5. The molecular formula is C15H24N4O2. The SMILES string of the molecule is CC(C)CN1CCC(CNC(=O)c2cc3n(n2)CCO3)C1. The number of carbonyl (C=O) groups excluding carboxylic acids is 1. The summed E-state index contributed by atoms with van der Waals surface area (Å²) in [6.45, 7) is 9.98. The first-order valence-electron chi connectivity index (χ1n) is 7.83. The molecule has 0 aliphatic carbocycles. The van der Waals surface area contributed by atoms with Crippen LogP contribution in [0.1, 0.15) is 30.8 Å². The van der Waals surface area contributed by atoms with Gasteiger partial charge < -0.3 is 15.0 Å². The minimum Gasteiger partial charge on any atom is -0.476 e. The largest absolute Gasteiger partial charge is 0.476 e. The molecule has 0 spiro atoms. The Kier molecular flexibility index (Phi) is 4.14. The summed E-state index contributed by atoms with van der Waals surface area (Å²) in [6, 6.07) is 1.72. The maximum atomic E-state index is 12.1. The Hall–Kier alpha value is -1.56. The van der Waals surface area contributed by atoms with E-state index in [0.717, 1.165) is 39.1 Å². The zero-order valence-corrected chi connectivity index (χ0v) is 12.8. The molecule has 6 heteroatoms. The van der Waals surface area contributed by atoms with Gasteiger partial charge in [-0.3, -0.25) is 4.79 Å². The summed E-state index contributed by atoms with van der Waals surface area (Å²) in [5, 5.41) is 7.27. The Morgan fingerprint density at radius 1 is 1.52 bits per heavy atom. The van der Waals surface area contributed by atoms with Crippen LogP contribution >= 0.6 is 0 Å². The molecule has 2 aliphatic heterocycles. The number of hydrogen-bond acceptors (Lipinski definition) is 4. The topological polar surface area (TPSA) is 59.4 Å². The molecule has 1 aromatic rings. The van der Waals surface area contributed by atoms with Crippen molar-refractivity contribution >= 4 is 5.91 Å². The highest BCUT2D eigenvalue weighted by atomic mass is 16.5. The van der Waals surface area contributed by atoms with Crippen LogP contribution in [0.15, 0.2) is 6.07 Å². The highest BCUT2D eigenvalue weighted by Crippen LogP contribution is 2.19. The van der Waals surface area contributed by atoms with Crippen LogP contribution in [0.5, 0.6) is 5.88 Å². The first-order valence-corrected chi connectivity index (χ1v) is 7.83. The summed E-state index contributed by atoms with van der Waals surface area (Å²) in [6.07, 6.45) is 1.16. The number of aromatic nitrogens is 2. The molecule has 0 saturated carbocycles. The lowest BCUT2D eigenvalue weighted by Gasteiger charge is -2.18. The Bertz CT molecular complexity index is 490. The van der Waals surface area contributed by atoms with Gasteiger partial charge in [-0.15, -0.1) is 0 Å². The summed E-state index contributed by atoms with van der Waals surface area (Å²) < 4.78 is 7.12. The van der Waals surface area contributed by atoms with Crippen molar-refractivity contribution < 1.29 is 9.53 Å². The van der Waals surface area contributed by atoms with Crippen molar-refractivity contribution in [2.45, 2.75) is 26.8 Å². The minimum atomic E-state index is -0.0946. The van der Waals surface area contributed by atoms with Crippen LogP contribution in [0.3, 0.4) is 0 Å². The average molecular weight is 292 g/mol. The van der Waals surface area contributed by atoms with E-state index in [2.05, 4.69) is 29.2 Å². The highest BCUT2D eigenvalue weighted by Gasteiger charge is 2.24. The first kappa shape index (κ1) is 14.4. The van der Waals surface area contributed by atoms with Gasteiger partial charge in [-0.1, -0.05) is 13.8 Å². The Balaban J connectivity index is 1.46. The molecule has 21 heavy (non-hydrogen) atoms. The molecule has 1 saturated heterocycles. The van der Waals surface area contributed by atoms with Crippen LogP contribution in [-0.4, -0.2) is 53.4 Å². The van der Waals surface area contributed by atoms with Crippen LogP contribution < -0.4 is 10.1 Å². The molecule has 1 amide bonds. The van der Waals surface area contributed by atoms with Gasteiger partial charge in [-0.2, -0.15) is 5.10 Å². The molecule has 1 N–H and O–H groups in total. The van der Waals surface area contributed by atoms with E-state index in [1.54, 1.807) is 10.7 Å². The van der Waals surface area contributed by atoms with Crippen molar-refractivity contribution in [3.05, 3.63) is 11.8 Å². The maximum Gasteiger partial charge on any atom is 0.271 e. The van der Waals surface area contributed by atoms with Gasteiger partial charge in [0.2, 0.25) is 5.88 Å². The summed E-state index contributed by atoms with van der Waals surface area (Å²) in [4.78, 5) is 14.6. The fourth-order valence-electron chi connectivity index (χ4n) is 3.11. The number of amides is 1. The summed E-state index contributed by atoms with van der Waals surface area (Å²) >= 11 is 0. The van der Waals surface area contributed by atoms with Gasteiger partial charge >= 0.3 is 0 Å². The monoisotopic (exact) mass is 292 g/mol. The average Bonchev–Trinajstić information content (AvgIpc) is 3.09. The highest BCUT2D eigenvalue weighted by molar-refractivity contribution is 5.92. The van der Waals surface area contributed by atoms with E-state index in [0.29, 0.717) is 30.0 Å². The van der Waals surface area contributed by atoms with Crippen molar-refractivity contribution in [1.29, 1.82) is 0 Å². The third-order valence-electron chi connectivity index (χ3n) is 4.07. The molecule has 116 valence electrons. The number of fused-ring (bicyclic) bond motifs is 1. The third-order valence-corrected chi connectivity index (χ3v) is 4.07. The van der Waals surface area contributed by atoms with Crippen molar-refractivity contribution in [3.8, 4) is 5.88 Å². The van der Waals surface area contributed by atoms with E-state index >= 15 is 0 Å². The van der Waals surface area contributed by atoms with Gasteiger partial charge in [-0.05, 0) is 24.8 Å². The van der Waals surface area contributed by atoms with Crippen LogP contribution in [0.25, 0.3) is 0 Å². The molecule has 1 unspecified atom stereocenters. The van der Waals surface area contributed by atoms with Crippen LogP contribution in [0.2, 0.25) is 0 Å². The second-order valence-corrected chi connectivity index (χ2v) is 6.46. The van der Waals surface area contributed by atoms with E-state index in [1.807, 2.05) is 0 Å². The van der Waals surface area contributed by atoms with Gasteiger partial charge in [0.15, 0.2) is 5.69 Å². The molecule has 6 nitrogen and oxygen atoms in total. The maximum absolute atomic E-state index is 12.1. The Morgan fingerprint density at radius 2 is 2.38 bits per heavy atom. The lowest BCUT2D eigenvalue weighted by molar-refractivity contribution is 0.0941. The smallest absolute Gasteiger partial charge is 0.271 e. The standard InChI is InChI=1S/C15H24N4O2/c1-11(2)9-18-4-3-12(10-18)8-16-15(20)13-7-14-19(17-13)5-6-21-14/h7,11-12H,3-6,8-10H2,1-2H3,(H,16,20). The van der Waals surface area contributed by atoms with E-state index in [1.165, 1.54) is 0 Å². The minimum absolute atomic E-state index is 0.0946. The quantitative estimate of drug-likeness (QED) is 0.879. The van der Waals surface area contributed by atoms with Gasteiger partial charge in [-0.25, -0.2) is 4.68 Å². The number of nitrogens with zero attached hydrogens (tertiary/aromatic N) is 3. The number of hydrogen-bond donors (Lipinski definition) is 1. The number of carbonyl (C=O) groups is 1. The molecule has 2 aliphatic rings. The van der Waals surface area contributed by atoms with Crippen LogP contribution in [-0.2, 0) is 6.54 Å². The zero-order chi connectivity index (χ0) is 14.8. The molecule has 3 heterocycles. The predicted octanol–water partition coefficient (Wildman–Crippen LogP) is 0.983. The molecular weight excluding hydrogens is 268 g/mol. The van der Waals surface area contributed by atoms with Crippen molar-refractivity contribution in [2.24, 2.45) is 11.8 Å². The molecule has 1 atom stereocenters. The second kappa shape index (κ2) is 6.05. The molecule has 1 aromatic heterocycles. The fraction of sp³-hybridized carbons (Fsp3) is 0.733. The zero-order valence-electron chi connectivity index (χ0n) is 12.8.